The number of methoxy groups -OCH3 is 1. The van der Waals surface area contributed by atoms with Crippen molar-refractivity contribution in [3.05, 3.63) is 28.8 Å². The van der Waals surface area contributed by atoms with Crippen LogP contribution in [0.25, 0.3) is 0 Å². The van der Waals surface area contributed by atoms with Gasteiger partial charge in [-0.1, -0.05) is 19.9 Å². The summed E-state index contributed by atoms with van der Waals surface area (Å²) in [6, 6.07) is 4.36. The molecule has 18 heavy (non-hydrogen) atoms. The van der Waals surface area contributed by atoms with E-state index in [0.717, 1.165) is 37.6 Å². The Morgan fingerprint density at radius 2 is 1.94 bits per heavy atom. The summed E-state index contributed by atoms with van der Waals surface area (Å²) in [5.41, 5.74) is 3.97. The summed E-state index contributed by atoms with van der Waals surface area (Å²) in [6.07, 6.45) is 2.24. The molecule has 0 saturated heterocycles. The first-order valence-corrected chi connectivity index (χ1v) is 6.89. The van der Waals surface area contributed by atoms with Crippen molar-refractivity contribution in [3.8, 4) is 5.75 Å². The van der Waals surface area contributed by atoms with Gasteiger partial charge in [0.25, 0.3) is 0 Å². The van der Waals surface area contributed by atoms with E-state index in [2.05, 4.69) is 45.1 Å². The quantitative estimate of drug-likeness (QED) is 0.747. The summed E-state index contributed by atoms with van der Waals surface area (Å²) >= 11 is 0. The highest BCUT2D eigenvalue weighted by Gasteiger charge is 2.07. The molecular weight excluding hydrogens is 222 g/mol. The van der Waals surface area contributed by atoms with E-state index in [9.17, 15) is 0 Å². The summed E-state index contributed by atoms with van der Waals surface area (Å²) in [4.78, 5) is 0. The van der Waals surface area contributed by atoms with Crippen molar-refractivity contribution in [1.29, 1.82) is 0 Å². The lowest BCUT2D eigenvalue weighted by Gasteiger charge is -2.13. The van der Waals surface area contributed by atoms with E-state index in [-0.39, 0.29) is 0 Å². The van der Waals surface area contributed by atoms with Gasteiger partial charge in [-0.05, 0) is 68.5 Å². The second kappa shape index (κ2) is 7.42. The van der Waals surface area contributed by atoms with E-state index in [0.29, 0.717) is 0 Å². The summed E-state index contributed by atoms with van der Waals surface area (Å²) in [5.74, 6) is 1.76. The number of benzene rings is 1. The average molecular weight is 249 g/mol. The van der Waals surface area contributed by atoms with Gasteiger partial charge in [-0.2, -0.15) is 0 Å². The molecule has 0 atom stereocenters. The molecule has 0 radical (unpaired) electrons. The number of hydrogen-bond acceptors (Lipinski definition) is 2. The summed E-state index contributed by atoms with van der Waals surface area (Å²) in [7, 11) is 1.76. The molecule has 0 aliphatic rings. The van der Waals surface area contributed by atoms with Crippen LogP contribution in [-0.2, 0) is 6.42 Å². The number of ether oxygens (including phenoxy) is 1. The highest BCUT2D eigenvalue weighted by Crippen LogP contribution is 2.25. The molecule has 2 nitrogen and oxygen atoms in total. The predicted molar refractivity (Wildman–Crippen MR) is 78.5 cm³/mol. The first-order valence-electron chi connectivity index (χ1n) is 6.89. The molecule has 0 aromatic heterocycles. The van der Waals surface area contributed by atoms with Crippen LogP contribution >= 0.6 is 0 Å². The topological polar surface area (TPSA) is 21.3 Å². The van der Waals surface area contributed by atoms with Gasteiger partial charge in [0.2, 0.25) is 0 Å². The monoisotopic (exact) mass is 249 g/mol. The van der Waals surface area contributed by atoms with E-state index in [1.165, 1.54) is 16.7 Å². The van der Waals surface area contributed by atoms with Crippen molar-refractivity contribution in [3.63, 3.8) is 0 Å². The molecule has 1 rings (SSSR count). The maximum atomic E-state index is 5.48. The van der Waals surface area contributed by atoms with Crippen molar-refractivity contribution < 1.29 is 4.74 Å². The minimum Gasteiger partial charge on any atom is -0.496 e. The zero-order valence-electron chi connectivity index (χ0n) is 12.5. The normalized spacial score (nSPS) is 11.0. The average Bonchev–Trinajstić information content (AvgIpc) is 2.30. The Bertz CT molecular complexity index is 372. The molecule has 1 N–H and O–H groups in total. The molecule has 0 bridgehead atoms. The van der Waals surface area contributed by atoms with E-state index in [1.807, 2.05) is 0 Å². The van der Waals surface area contributed by atoms with Gasteiger partial charge < -0.3 is 10.1 Å². The van der Waals surface area contributed by atoms with Gasteiger partial charge in [-0.3, -0.25) is 0 Å². The first kappa shape index (κ1) is 15.0. The van der Waals surface area contributed by atoms with Crippen LogP contribution in [0, 0.1) is 19.8 Å². The smallest absolute Gasteiger partial charge is 0.122 e. The molecule has 0 fully saturated rings. The highest BCUT2D eigenvalue weighted by atomic mass is 16.5. The standard InChI is InChI=1S/C16H27NO/c1-12(2)11-17-8-6-7-15-14(4)9-13(3)10-16(15)18-5/h9-10,12,17H,6-8,11H2,1-5H3. The maximum absolute atomic E-state index is 5.48. The number of nitrogens with one attached hydrogen (secondary N) is 1. The third-order valence-electron chi connectivity index (χ3n) is 3.13. The Kier molecular flexibility index (Phi) is 6.20. The van der Waals surface area contributed by atoms with Crippen LogP contribution in [0.1, 0.15) is 37.0 Å². The second-order valence-electron chi connectivity index (χ2n) is 5.46. The predicted octanol–water partition coefficient (Wildman–Crippen LogP) is 3.49. The fourth-order valence-corrected chi connectivity index (χ4v) is 2.24. The van der Waals surface area contributed by atoms with E-state index < -0.39 is 0 Å². The molecule has 0 aliphatic carbocycles. The Hall–Kier alpha value is -1.02. The molecule has 0 amide bonds. The van der Waals surface area contributed by atoms with E-state index >= 15 is 0 Å². The van der Waals surface area contributed by atoms with Crippen molar-refractivity contribution >= 4 is 0 Å². The van der Waals surface area contributed by atoms with Gasteiger partial charge in [0.05, 0.1) is 7.11 Å². The highest BCUT2D eigenvalue weighted by molar-refractivity contribution is 5.43. The Labute approximate surface area is 112 Å². The van der Waals surface area contributed by atoms with Gasteiger partial charge in [0.1, 0.15) is 5.75 Å². The van der Waals surface area contributed by atoms with Crippen LogP contribution in [0.4, 0.5) is 0 Å². The van der Waals surface area contributed by atoms with Crippen molar-refractivity contribution in [2.24, 2.45) is 5.92 Å². The molecule has 0 unspecified atom stereocenters. The Morgan fingerprint density at radius 3 is 2.56 bits per heavy atom. The lowest BCUT2D eigenvalue weighted by atomic mass is 10.00. The van der Waals surface area contributed by atoms with Gasteiger partial charge in [0.15, 0.2) is 0 Å². The molecule has 0 heterocycles. The SMILES string of the molecule is COc1cc(C)cc(C)c1CCCNCC(C)C. The van der Waals surface area contributed by atoms with Crippen LogP contribution in [0.15, 0.2) is 12.1 Å². The second-order valence-corrected chi connectivity index (χ2v) is 5.46. The number of aryl methyl sites for hydroxylation is 2. The minimum absolute atomic E-state index is 0.723. The van der Waals surface area contributed by atoms with Gasteiger partial charge in [-0.25, -0.2) is 0 Å². The third-order valence-corrected chi connectivity index (χ3v) is 3.13. The van der Waals surface area contributed by atoms with Crippen LogP contribution in [0.3, 0.4) is 0 Å². The maximum Gasteiger partial charge on any atom is 0.122 e. The van der Waals surface area contributed by atoms with Gasteiger partial charge in [-0.15, -0.1) is 0 Å². The fourth-order valence-electron chi connectivity index (χ4n) is 2.24. The van der Waals surface area contributed by atoms with E-state index in [4.69, 9.17) is 4.74 Å². The molecule has 102 valence electrons. The number of hydrogen-bond donors (Lipinski definition) is 1. The van der Waals surface area contributed by atoms with Crippen LogP contribution in [0.2, 0.25) is 0 Å². The van der Waals surface area contributed by atoms with Crippen molar-refractivity contribution in [2.75, 3.05) is 20.2 Å². The third kappa shape index (κ3) is 4.69. The fraction of sp³-hybridized carbons (Fsp3) is 0.625. The first-order chi connectivity index (χ1) is 8.54. The van der Waals surface area contributed by atoms with Crippen molar-refractivity contribution in [1.82, 2.24) is 5.32 Å². The van der Waals surface area contributed by atoms with Gasteiger partial charge >= 0.3 is 0 Å². The molecular formula is C16H27NO. The zero-order chi connectivity index (χ0) is 13.5. The molecule has 0 spiro atoms. The lowest BCUT2D eigenvalue weighted by molar-refractivity contribution is 0.408. The van der Waals surface area contributed by atoms with Crippen LogP contribution in [-0.4, -0.2) is 20.2 Å². The molecule has 2 heteroatoms. The molecule has 1 aromatic rings. The largest absolute Gasteiger partial charge is 0.496 e. The summed E-state index contributed by atoms with van der Waals surface area (Å²) in [6.45, 7) is 10.9. The number of rotatable bonds is 7. The lowest BCUT2D eigenvalue weighted by Crippen LogP contribution is -2.21. The van der Waals surface area contributed by atoms with E-state index in [1.54, 1.807) is 7.11 Å². The minimum atomic E-state index is 0.723. The Morgan fingerprint density at radius 1 is 1.22 bits per heavy atom. The van der Waals surface area contributed by atoms with Crippen LogP contribution in [0.5, 0.6) is 5.75 Å². The van der Waals surface area contributed by atoms with Crippen LogP contribution < -0.4 is 10.1 Å². The van der Waals surface area contributed by atoms with Gasteiger partial charge in [0, 0.05) is 0 Å². The van der Waals surface area contributed by atoms with Crippen molar-refractivity contribution in [2.45, 2.75) is 40.5 Å². The summed E-state index contributed by atoms with van der Waals surface area (Å²) < 4.78 is 5.48. The zero-order valence-corrected chi connectivity index (χ0v) is 12.5. The molecule has 0 aliphatic heterocycles. The molecule has 0 saturated carbocycles. The molecule has 1 aromatic carbocycles. The summed E-state index contributed by atoms with van der Waals surface area (Å²) in [5, 5.41) is 3.48. The Balaban J connectivity index is 2.51.